The Bertz CT molecular complexity index is 986. The summed E-state index contributed by atoms with van der Waals surface area (Å²) in [7, 11) is 1.49. The van der Waals surface area contributed by atoms with E-state index < -0.39 is 17.7 Å². The summed E-state index contributed by atoms with van der Waals surface area (Å²) in [5.74, 6) is -1.68. The Morgan fingerprint density at radius 1 is 1.17 bits per heavy atom. The van der Waals surface area contributed by atoms with Gasteiger partial charge >= 0.3 is 0 Å². The largest absolute Gasteiger partial charge is 0.507 e. The number of phenolic OH excluding ortho intramolecular Hbond substituents is 1. The zero-order chi connectivity index (χ0) is 21.8. The number of hydrogen-bond donors (Lipinski definition) is 2. The van der Waals surface area contributed by atoms with Crippen molar-refractivity contribution in [1.29, 1.82) is 0 Å². The second-order valence-corrected chi connectivity index (χ2v) is 7.09. The van der Waals surface area contributed by atoms with Crippen LogP contribution in [0.3, 0.4) is 0 Å². The third kappa shape index (κ3) is 4.13. The third-order valence-electron chi connectivity index (χ3n) is 4.79. The molecule has 1 fully saturated rings. The van der Waals surface area contributed by atoms with Crippen LogP contribution in [-0.2, 0) is 14.3 Å². The molecule has 1 aliphatic rings. The molecule has 1 heterocycles. The van der Waals surface area contributed by atoms with Crippen LogP contribution >= 0.6 is 11.6 Å². The van der Waals surface area contributed by atoms with Gasteiger partial charge in [-0.3, -0.25) is 9.59 Å². The van der Waals surface area contributed by atoms with Crippen LogP contribution in [0, 0.1) is 0 Å². The summed E-state index contributed by atoms with van der Waals surface area (Å²) < 4.78 is 10.5. The van der Waals surface area contributed by atoms with Crippen molar-refractivity contribution in [2.45, 2.75) is 13.0 Å². The molecule has 30 heavy (non-hydrogen) atoms. The molecule has 3 rings (SSSR count). The number of hydrogen-bond acceptors (Lipinski definition) is 6. The molecule has 0 bridgehead atoms. The molecule has 1 aliphatic heterocycles. The van der Waals surface area contributed by atoms with Crippen molar-refractivity contribution >= 4 is 29.1 Å². The number of Topliss-reactive ketones (excluding diaryl/α,β-unsaturated/α-hetero) is 1. The fraction of sp³-hybridized carbons (Fsp3) is 0.273. The monoisotopic (exact) mass is 431 g/mol. The Labute approximate surface area is 179 Å². The SMILES string of the molecule is CCOc1cc([C@@H]2C(=C(O)c3ccc(Cl)cc3)C(=O)C(=O)N2CCOC)ccc1O. The van der Waals surface area contributed by atoms with Crippen LogP contribution in [0.4, 0.5) is 0 Å². The fourth-order valence-corrected chi connectivity index (χ4v) is 3.51. The summed E-state index contributed by atoms with van der Waals surface area (Å²) in [6, 6.07) is 10.0. The molecule has 0 radical (unpaired) electrons. The molecule has 1 amide bonds. The number of ether oxygens (including phenoxy) is 2. The maximum absolute atomic E-state index is 12.9. The number of ketones is 1. The zero-order valence-corrected chi connectivity index (χ0v) is 17.3. The van der Waals surface area contributed by atoms with Crippen molar-refractivity contribution < 1.29 is 29.3 Å². The molecule has 2 aromatic carbocycles. The molecule has 1 atom stereocenters. The van der Waals surface area contributed by atoms with Gasteiger partial charge in [0, 0.05) is 24.2 Å². The summed E-state index contributed by atoms with van der Waals surface area (Å²) in [5, 5.41) is 21.4. The number of aromatic hydroxyl groups is 1. The number of amides is 1. The van der Waals surface area contributed by atoms with E-state index in [1.165, 1.54) is 18.1 Å². The van der Waals surface area contributed by atoms with Gasteiger partial charge in [0.25, 0.3) is 11.7 Å². The van der Waals surface area contributed by atoms with Crippen molar-refractivity contribution in [2.24, 2.45) is 0 Å². The highest BCUT2D eigenvalue weighted by molar-refractivity contribution is 6.46. The maximum atomic E-state index is 12.9. The van der Waals surface area contributed by atoms with E-state index in [1.807, 2.05) is 0 Å². The summed E-state index contributed by atoms with van der Waals surface area (Å²) in [4.78, 5) is 27.0. The van der Waals surface area contributed by atoms with E-state index in [-0.39, 0.29) is 36.0 Å². The van der Waals surface area contributed by atoms with Crippen molar-refractivity contribution in [2.75, 3.05) is 26.9 Å². The Morgan fingerprint density at radius 2 is 1.87 bits per heavy atom. The Kier molecular flexibility index (Phi) is 6.64. The Balaban J connectivity index is 2.17. The number of carbonyl (C=O) groups is 2. The predicted octanol–water partition coefficient (Wildman–Crippen LogP) is 3.51. The average molecular weight is 432 g/mol. The van der Waals surface area contributed by atoms with Gasteiger partial charge in [-0.15, -0.1) is 0 Å². The zero-order valence-electron chi connectivity index (χ0n) is 16.6. The van der Waals surface area contributed by atoms with Crippen LogP contribution in [0.15, 0.2) is 48.0 Å². The van der Waals surface area contributed by atoms with E-state index in [2.05, 4.69) is 0 Å². The number of aliphatic hydroxyl groups excluding tert-OH is 1. The normalized spacial score (nSPS) is 18.1. The second kappa shape index (κ2) is 9.19. The first kappa shape index (κ1) is 21.7. The lowest BCUT2D eigenvalue weighted by Crippen LogP contribution is -2.32. The average Bonchev–Trinajstić information content (AvgIpc) is 2.98. The van der Waals surface area contributed by atoms with Crippen LogP contribution in [0.1, 0.15) is 24.1 Å². The summed E-state index contributed by atoms with van der Waals surface area (Å²) in [6.45, 7) is 2.46. The number of rotatable bonds is 7. The maximum Gasteiger partial charge on any atom is 0.295 e. The van der Waals surface area contributed by atoms with Crippen molar-refractivity contribution in [3.8, 4) is 11.5 Å². The van der Waals surface area contributed by atoms with Crippen LogP contribution in [0.2, 0.25) is 5.02 Å². The number of phenols is 1. The van der Waals surface area contributed by atoms with Crippen LogP contribution in [0.5, 0.6) is 11.5 Å². The molecule has 2 aromatic rings. The number of methoxy groups -OCH3 is 1. The summed E-state index contributed by atoms with van der Waals surface area (Å²) in [5.41, 5.74) is 0.826. The van der Waals surface area contributed by atoms with E-state index in [0.29, 0.717) is 22.8 Å². The first-order chi connectivity index (χ1) is 14.4. The van der Waals surface area contributed by atoms with Gasteiger partial charge in [0.05, 0.1) is 24.8 Å². The number of nitrogens with zero attached hydrogens (tertiary/aromatic N) is 1. The smallest absolute Gasteiger partial charge is 0.295 e. The number of aliphatic hydroxyl groups is 1. The first-order valence-electron chi connectivity index (χ1n) is 9.38. The standard InChI is InChI=1S/C22H22ClNO6/c1-3-30-17-12-14(6-9-16(17)25)19-18(20(26)13-4-7-15(23)8-5-13)21(27)22(28)24(19)10-11-29-2/h4-9,12,19,25-26H,3,10-11H2,1-2H3/t19-/m1/s1. The second-order valence-electron chi connectivity index (χ2n) is 6.65. The molecule has 0 aromatic heterocycles. The van der Waals surface area contributed by atoms with Crippen molar-refractivity contribution in [1.82, 2.24) is 4.90 Å². The molecule has 8 heteroatoms. The minimum absolute atomic E-state index is 0.0495. The Morgan fingerprint density at radius 3 is 2.50 bits per heavy atom. The van der Waals surface area contributed by atoms with E-state index in [1.54, 1.807) is 43.3 Å². The van der Waals surface area contributed by atoms with Gasteiger partial charge in [-0.2, -0.15) is 0 Å². The minimum atomic E-state index is -0.865. The molecule has 0 saturated carbocycles. The number of likely N-dealkylation sites (tertiary alicyclic amines) is 1. The van der Waals surface area contributed by atoms with Crippen LogP contribution in [0.25, 0.3) is 5.76 Å². The lowest BCUT2D eigenvalue weighted by Gasteiger charge is -2.25. The molecular weight excluding hydrogens is 410 g/mol. The van der Waals surface area contributed by atoms with E-state index >= 15 is 0 Å². The molecule has 0 aliphatic carbocycles. The molecule has 0 spiro atoms. The molecule has 158 valence electrons. The summed E-state index contributed by atoms with van der Waals surface area (Å²) >= 11 is 5.92. The third-order valence-corrected chi connectivity index (χ3v) is 5.05. The molecular formula is C22H22ClNO6. The fourth-order valence-electron chi connectivity index (χ4n) is 3.38. The van der Waals surface area contributed by atoms with Gasteiger partial charge in [-0.25, -0.2) is 0 Å². The lowest BCUT2D eigenvalue weighted by molar-refractivity contribution is -0.140. The minimum Gasteiger partial charge on any atom is -0.507 e. The quantitative estimate of drug-likeness (QED) is 0.395. The number of benzene rings is 2. The number of carbonyl (C=O) groups excluding carboxylic acids is 2. The van der Waals surface area contributed by atoms with E-state index in [4.69, 9.17) is 21.1 Å². The van der Waals surface area contributed by atoms with Gasteiger partial charge in [-0.05, 0) is 48.9 Å². The highest BCUT2D eigenvalue weighted by atomic mass is 35.5. The first-order valence-corrected chi connectivity index (χ1v) is 9.75. The van der Waals surface area contributed by atoms with Crippen molar-refractivity contribution in [3.63, 3.8) is 0 Å². The predicted molar refractivity (Wildman–Crippen MR) is 112 cm³/mol. The Hall–Kier alpha value is -3.03. The highest BCUT2D eigenvalue weighted by Crippen LogP contribution is 2.41. The van der Waals surface area contributed by atoms with Gasteiger partial charge in [-0.1, -0.05) is 17.7 Å². The lowest BCUT2D eigenvalue weighted by atomic mass is 9.95. The molecule has 1 saturated heterocycles. The molecule has 0 unspecified atom stereocenters. The van der Waals surface area contributed by atoms with E-state index in [0.717, 1.165) is 0 Å². The molecule has 7 nitrogen and oxygen atoms in total. The summed E-state index contributed by atoms with van der Waals surface area (Å²) in [6.07, 6.45) is 0. The number of halogens is 1. The van der Waals surface area contributed by atoms with Crippen LogP contribution in [-0.4, -0.2) is 53.7 Å². The topological polar surface area (TPSA) is 96.3 Å². The highest BCUT2D eigenvalue weighted by Gasteiger charge is 2.46. The van der Waals surface area contributed by atoms with Gasteiger partial charge < -0.3 is 24.6 Å². The van der Waals surface area contributed by atoms with Gasteiger partial charge in [0.2, 0.25) is 0 Å². The van der Waals surface area contributed by atoms with Gasteiger partial charge in [0.15, 0.2) is 11.5 Å². The van der Waals surface area contributed by atoms with Crippen LogP contribution < -0.4 is 4.74 Å². The molecule has 2 N–H and O–H groups in total. The van der Waals surface area contributed by atoms with Gasteiger partial charge in [0.1, 0.15) is 5.76 Å². The van der Waals surface area contributed by atoms with E-state index in [9.17, 15) is 19.8 Å². The van der Waals surface area contributed by atoms with Crippen molar-refractivity contribution in [3.05, 3.63) is 64.2 Å².